The zero-order valence-electron chi connectivity index (χ0n) is 10.8. The summed E-state index contributed by atoms with van der Waals surface area (Å²) >= 11 is 4.93. The van der Waals surface area contributed by atoms with Crippen molar-refractivity contribution in [3.05, 3.63) is 63.9 Å². The minimum atomic E-state index is -0.212. The quantitative estimate of drug-likeness (QED) is 0.815. The lowest BCUT2D eigenvalue weighted by atomic mass is 9.98. The summed E-state index contributed by atoms with van der Waals surface area (Å²) < 4.78 is 14.7. The molecule has 0 aliphatic carbocycles. The van der Waals surface area contributed by atoms with Gasteiger partial charge >= 0.3 is 0 Å². The standard InChI is InChI=1S/C15H15BrFNS/c1-18-15(10-6-8-11(19-2)9-7-10)12-4-3-5-13(16)14(12)17/h3-9,15,18H,1-2H3. The minimum absolute atomic E-state index is 0.145. The second-order valence-electron chi connectivity index (χ2n) is 4.14. The maximum atomic E-state index is 14.2. The zero-order chi connectivity index (χ0) is 13.8. The van der Waals surface area contributed by atoms with Gasteiger partial charge in [-0.25, -0.2) is 4.39 Å². The molecule has 19 heavy (non-hydrogen) atoms. The van der Waals surface area contributed by atoms with Gasteiger partial charge in [-0.05, 0) is 53.0 Å². The second kappa shape index (κ2) is 6.55. The average Bonchev–Trinajstić information content (AvgIpc) is 2.45. The van der Waals surface area contributed by atoms with Gasteiger partial charge in [-0.3, -0.25) is 0 Å². The maximum Gasteiger partial charge on any atom is 0.142 e. The fraction of sp³-hybridized carbons (Fsp3) is 0.200. The molecular weight excluding hydrogens is 325 g/mol. The summed E-state index contributed by atoms with van der Waals surface area (Å²) in [4.78, 5) is 1.20. The third-order valence-corrected chi connectivity index (χ3v) is 4.39. The van der Waals surface area contributed by atoms with Crippen LogP contribution in [0, 0.1) is 5.82 Å². The van der Waals surface area contributed by atoms with Crippen LogP contribution in [0.1, 0.15) is 17.2 Å². The molecule has 0 bridgehead atoms. The molecule has 0 radical (unpaired) electrons. The monoisotopic (exact) mass is 339 g/mol. The van der Waals surface area contributed by atoms with E-state index in [1.54, 1.807) is 17.8 Å². The van der Waals surface area contributed by atoms with Crippen molar-refractivity contribution in [3.63, 3.8) is 0 Å². The lowest BCUT2D eigenvalue weighted by Crippen LogP contribution is -2.19. The van der Waals surface area contributed by atoms with E-state index in [2.05, 4.69) is 33.4 Å². The van der Waals surface area contributed by atoms with Crippen molar-refractivity contribution >= 4 is 27.7 Å². The number of nitrogens with one attached hydrogen (secondary N) is 1. The van der Waals surface area contributed by atoms with Crippen LogP contribution in [0.3, 0.4) is 0 Å². The van der Waals surface area contributed by atoms with Crippen LogP contribution < -0.4 is 5.32 Å². The number of halogens is 2. The van der Waals surface area contributed by atoms with Crippen molar-refractivity contribution in [3.8, 4) is 0 Å². The summed E-state index contributed by atoms with van der Waals surface area (Å²) in [7, 11) is 1.84. The van der Waals surface area contributed by atoms with Crippen LogP contribution in [0.15, 0.2) is 51.8 Å². The molecule has 0 heterocycles. The van der Waals surface area contributed by atoms with Gasteiger partial charge in [0.25, 0.3) is 0 Å². The highest BCUT2D eigenvalue weighted by molar-refractivity contribution is 9.10. The number of benzene rings is 2. The molecule has 1 N–H and O–H groups in total. The summed E-state index contributed by atoms with van der Waals surface area (Å²) in [5.41, 5.74) is 1.70. The molecule has 0 saturated carbocycles. The van der Waals surface area contributed by atoms with E-state index >= 15 is 0 Å². The van der Waals surface area contributed by atoms with E-state index in [-0.39, 0.29) is 11.9 Å². The molecule has 0 saturated heterocycles. The second-order valence-corrected chi connectivity index (χ2v) is 5.87. The zero-order valence-corrected chi connectivity index (χ0v) is 13.2. The van der Waals surface area contributed by atoms with Gasteiger partial charge in [0.15, 0.2) is 0 Å². The van der Waals surface area contributed by atoms with E-state index < -0.39 is 0 Å². The fourth-order valence-electron chi connectivity index (χ4n) is 2.04. The van der Waals surface area contributed by atoms with Crippen LogP contribution in [0.2, 0.25) is 0 Å². The normalized spacial score (nSPS) is 12.4. The lowest BCUT2D eigenvalue weighted by molar-refractivity contribution is 0.571. The van der Waals surface area contributed by atoms with Crippen molar-refractivity contribution in [1.29, 1.82) is 0 Å². The topological polar surface area (TPSA) is 12.0 Å². The van der Waals surface area contributed by atoms with Crippen LogP contribution in [0.4, 0.5) is 4.39 Å². The third-order valence-electron chi connectivity index (χ3n) is 3.03. The first kappa shape index (κ1) is 14.6. The molecular formula is C15H15BrFNS. The van der Waals surface area contributed by atoms with Gasteiger partial charge in [0, 0.05) is 10.5 Å². The predicted molar refractivity (Wildman–Crippen MR) is 83.2 cm³/mol. The van der Waals surface area contributed by atoms with Crippen molar-refractivity contribution in [1.82, 2.24) is 5.32 Å². The Morgan fingerprint density at radius 3 is 2.42 bits per heavy atom. The van der Waals surface area contributed by atoms with Gasteiger partial charge in [-0.2, -0.15) is 0 Å². The summed E-state index contributed by atoms with van der Waals surface area (Å²) in [6.45, 7) is 0. The van der Waals surface area contributed by atoms with Crippen LogP contribution in [0.5, 0.6) is 0 Å². The van der Waals surface area contributed by atoms with Gasteiger partial charge in [-0.1, -0.05) is 24.3 Å². The Balaban J connectivity index is 2.40. The molecule has 2 rings (SSSR count). The van der Waals surface area contributed by atoms with E-state index in [4.69, 9.17) is 0 Å². The Bertz CT molecular complexity index is 557. The Morgan fingerprint density at radius 1 is 1.16 bits per heavy atom. The van der Waals surface area contributed by atoms with Gasteiger partial charge in [0.1, 0.15) is 5.82 Å². The largest absolute Gasteiger partial charge is 0.309 e. The third kappa shape index (κ3) is 3.19. The summed E-state index contributed by atoms with van der Waals surface area (Å²) in [6, 6.07) is 13.4. The van der Waals surface area contributed by atoms with Gasteiger partial charge in [0.2, 0.25) is 0 Å². The van der Waals surface area contributed by atoms with Crippen LogP contribution in [-0.4, -0.2) is 13.3 Å². The van der Waals surface area contributed by atoms with Crippen molar-refractivity contribution in [2.45, 2.75) is 10.9 Å². The average molecular weight is 340 g/mol. The Kier molecular flexibility index (Phi) is 5.02. The van der Waals surface area contributed by atoms with Crippen molar-refractivity contribution < 1.29 is 4.39 Å². The highest BCUT2D eigenvalue weighted by Gasteiger charge is 2.17. The Labute approximate surface area is 125 Å². The van der Waals surface area contributed by atoms with Crippen LogP contribution in [-0.2, 0) is 0 Å². The first-order valence-corrected chi connectivity index (χ1v) is 7.94. The molecule has 1 atom stereocenters. The molecule has 0 aliphatic heterocycles. The van der Waals surface area contributed by atoms with E-state index in [0.29, 0.717) is 10.0 Å². The molecule has 0 amide bonds. The van der Waals surface area contributed by atoms with Crippen LogP contribution >= 0.6 is 27.7 Å². The van der Waals surface area contributed by atoms with Gasteiger partial charge in [-0.15, -0.1) is 11.8 Å². The molecule has 0 fully saturated rings. The highest BCUT2D eigenvalue weighted by atomic mass is 79.9. The first-order chi connectivity index (χ1) is 9.17. The number of rotatable bonds is 4. The molecule has 4 heteroatoms. The fourth-order valence-corrected chi connectivity index (χ4v) is 2.83. The van der Waals surface area contributed by atoms with E-state index in [0.717, 1.165) is 5.56 Å². The number of hydrogen-bond donors (Lipinski definition) is 1. The Morgan fingerprint density at radius 2 is 1.84 bits per heavy atom. The molecule has 100 valence electrons. The van der Waals surface area contributed by atoms with Crippen molar-refractivity contribution in [2.24, 2.45) is 0 Å². The van der Waals surface area contributed by atoms with E-state index in [1.165, 1.54) is 4.90 Å². The van der Waals surface area contributed by atoms with Gasteiger partial charge in [0.05, 0.1) is 10.5 Å². The SMILES string of the molecule is CNC(c1ccc(SC)cc1)c1cccc(Br)c1F. The summed E-state index contributed by atoms with van der Waals surface area (Å²) in [5.74, 6) is -0.212. The Hall–Kier alpha value is -0.840. The van der Waals surface area contributed by atoms with E-state index in [1.807, 2.05) is 37.6 Å². The molecule has 2 aromatic rings. The molecule has 0 spiro atoms. The molecule has 0 aliphatic rings. The molecule has 1 unspecified atom stereocenters. The first-order valence-electron chi connectivity index (χ1n) is 5.92. The maximum absolute atomic E-state index is 14.2. The number of hydrogen-bond acceptors (Lipinski definition) is 2. The molecule has 1 nitrogen and oxygen atoms in total. The predicted octanol–water partition coefficient (Wildman–Crippen LogP) is 4.62. The minimum Gasteiger partial charge on any atom is -0.309 e. The molecule has 0 aromatic heterocycles. The molecule has 2 aromatic carbocycles. The van der Waals surface area contributed by atoms with Gasteiger partial charge < -0.3 is 5.32 Å². The van der Waals surface area contributed by atoms with Crippen molar-refractivity contribution in [2.75, 3.05) is 13.3 Å². The summed E-state index contributed by atoms with van der Waals surface area (Å²) in [6.07, 6.45) is 2.04. The van der Waals surface area contributed by atoms with Crippen LogP contribution in [0.25, 0.3) is 0 Å². The smallest absolute Gasteiger partial charge is 0.142 e. The van der Waals surface area contributed by atoms with E-state index in [9.17, 15) is 4.39 Å². The lowest BCUT2D eigenvalue weighted by Gasteiger charge is -2.18. The summed E-state index contributed by atoms with van der Waals surface area (Å²) in [5, 5.41) is 3.17. The highest BCUT2D eigenvalue weighted by Crippen LogP contribution is 2.29. The number of thioether (sulfide) groups is 1.